The summed E-state index contributed by atoms with van der Waals surface area (Å²) in [5, 5.41) is 9.72. The Morgan fingerprint density at radius 1 is 0.933 bits per heavy atom. The summed E-state index contributed by atoms with van der Waals surface area (Å²) in [7, 11) is 1.22. The van der Waals surface area contributed by atoms with Crippen molar-refractivity contribution in [2.24, 2.45) is 0 Å². The van der Waals surface area contributed by atoms with Crippen LogP contribution in [-0.2, 0) is 20.7 Å². The third-order valence-electron chi connectivity index (χ3n) is 3.81. The summed E-state index contributed by atoms with van der Waals surface area (Å²) in [5.41, 5.74) is 7.22. The number of hydrogen-bond donors (Lipinski definition) is 2. The van der Waals surface area contributed by atoms with E-state index in [4.69, 9.17) is 24.7 Å². The van der Waals surface area contributed by atoms with Gasteiger partial charge in [0, 0.05) is 18.2 Å². The standard InChI is InChI=1S/C19H22N2O8.Na.H/c1-4-26-18(23)28-16-12-8-6-11(10-14(22)21(3)25)7-9-13(12)17(15(16)20)29-19(24)27-5-2;;/h6-9,25H,4-5,10,20H2,1-3H3;;. The number of amides is 1. The number of fused-ring (bicyclic) bond motifs is 1. The van der Waals surface area contributed by atoms with Crippen LogP contribution in [0.3, 0.4) is 0 Å². The first-order chi connectivity index (χ1) is 13.8. The van der Waals surface area contributed by atoms with Gasteiger partial charge in [0.1, 0.15) is 5.69 Å². The molecule has 0 heterocycles. The molecular weight excluding hydrogens is 407 g/mol. The number of hydrogen-bond acceptors (Lipinski definition) is 9. The van der Waals surface area contributed by atoms with E-state index in [9.17, 15) is 19.6 Å². The number of hydroxylamine groups is 2. The first-order valence-electron chi connectivity index (χ1n) is 8.77. The summed E-state index contributed by atoms with van der Waals surface area (Å²) in [6.45, 7) is 3.42. The van der Waals surface area contributed by atoms with Gasteiger partial charge in [-0.2, -0.15) is 0 Å². The molecule has 0 aliphatic heterocycles. The average Bonchev–Trinajstić information content (AvgIpc) is 2.79. The van der Waals surface area contributed by atoms with Crippen LogP contribution in [0.25, 0.3) is 11.1 Å². The van der Waals surface area contributed by atoms with Crippen molar-refractivity contribution >= 4 is 53.5 Å². The molecule has 0 atom stereocenters. The molecule has 158 valence electrons. The van der Waals surface area contributed by atoms with Crippen LogP contribution in [0.1, 0.15) is 19.4 Å². The number of carbonyl (C=O) groups is 3. The molecule has 0 spiro atoms. The predicted molar refractivity (Wildman–Crippen MR) is 108 cm³/mol. The molecule has 30 heavy (non-hydrogen) atoms. The van der Waals surface area contributed by atoms with Gasteiger partial charge in [-0.3, -0.25) is 10.0 Å². The molecule has 1 amide bonds. The molecule has 2 aliphatic rings. The van der Waals surface area contributed by atoms with Crippen molar-refractivity contribution in [1.29, 1.82) is 0 Å². The zero-order valence-electron chi connectivity index (χ0n) is 16.3. The molecule has 3 N–H and O–H groups in total. The number of carbonyl (C=O) groups excluding carboxylic acids is 3. The maximum atomic E-state index is 11.8. The van der Waals surface area contributed by atoms with Crippen LogP contribution < -0.4 is 15.2 Å². The van der Waals surface area contributed by atoms with E-state index in [1.807, 2.05) is 0 Å². The molecule has 2 rings (SSSR count). The van der Waals surface area contributed by atoms with Crippen LogP contribution in [-0.4, -0.2) is 78.3 Å². The minimum atomic E-state index is -0.974. The van der Waals surface area contributed by atoms with Crippen molar-refractivity contribution in [3.63, 3.8) is 0 Å². The normalized spacial score (nSPS) is 10.0. The van der Waals surface area contributed by atoms with Gasteiger partial charge >= 0.3 is 41.9 Å². The summed E-state index contributed by atoms with van der Waals surface area (Å²) < 4.78 is 19.9. The summed E-state index contributed by atoms with van der Waals surface area (Å²) in [4.78, 5) is 35.3. The predicted octanol–water partition coefficient (Wildman–Crippen LogP) is 2.19. The van der Waals surface area contributed by atoms with Crippen LogP contribution in [0.2, 0.25) is 0 Å². The zero-order valence-corrected chi connectivity index (χ0v) is 16.3. The first kappa shape index (κ1) is 25.5. The summed E-state index contributed by atoms with van der Waals surface area (Å²) >= 11 is 0. The molecule has 0 bridgehead atoms. The fraction of sp³-hybridized carbons (Fsp3) is 0.316. The molecule has 10 nitrogen and oxygen atoms in total. The average molecular weight is 430 g/mol. The summed E-state index contributed by atoms with van der Waals surface area (Å²) in [5.74, 6) is -0.627. The molecule has 0 aromatic heterocycles. The number of nitrogens with zero attached hydrogens (tertiary/aromatic N) is 1. The quantitative estimate of drug-likeness (QED) is 0.306. The Balaban J connectivity index is 0.00000450. The van der Waals surface area contributed by atoms with Gasteiger partial charge in [0.15, 0.2) is 11.5 Å². The Hall–Kier alpha value is -2.53. The minimum absolute atomic E-state index is 0. The first-order valence-corrected chi connectivity index (χ1v) is 8.77. The van der Waals surface area contributed by atoms with E-state index in [-0.39, 0.29) is 66.4 Å². The van der Waals surface area contributed by atoms with Gasteiger partial charge in [0.2, 0.25) is 5.91 Å². The Bertz CT molecular complexity index is 829. The molecule has 0 unspecified atom stereocenters. The SMILES string of the molecule is CCOC(=O)Oc1c2ccc(CC(=O)N(C)O)ccc-2c(OC(=O)OCC)c1N.[NaH]. The van der Waals surface area contributed by atoms with Gasteiger partial charge in [-0.1, -0.05) is 24.3 Å². The van der Waals surface area contributed by atoms with Crippen molar-refractivity contribution in [1.82, 2.24) is 5.06 Å². The number of nitrogens with two attached hydrogens (primary N) is 1. The molecule has 0 aromatic carbocycles. The second kappa shape index (κ2) is 11.6. The molecule has 0 aromatic rings. The van der Waals surface area contributed by atoms with Gasteiger partial charge in [-0.05, 0) is 19.4 Å². The van der Waals surface area contributed by atoms with Crippen molar-refractivity contribution in [3.8, 4) is 22.6 Å². The summed E-state index contributed by atoms with van der Waals surface area (Å²) in [6, 6.07) is 6.29. The fourth-order valence-corrected chi connectivity index (χ4v) is 2.49. The van der Waals surface area contributed by atoms with Gasteiger partial charge < -0.3 is 24.7 Å². The van der Waals surface area contributed by atoms with Gasteiger partial charge in [-0.15, -0.1) is 0 Å². The molecule has 11 heteroatoms. The van der Waals surface area contributed by atoms with Gasteiger partial charge in [0.25, 0.3) is 0 Å². The molecule has 0 saturated heterocycles. The Kier molecular flexibility index (Phi) is 9.86. The van der Waals surface area contributed by atoms with E-state index >= 15 is 0 Å². The van der Waals surface area contributed by atoms with Gasteiger partial charge in [-0.25, -0.2) is 14.7 Å². The fourth-order valence-electron chi connectivity index (χ4n) is 2.49. The van der Waals surface area contributed by atoms with Crippen LogP contribution in [0, 0.1) is 0 Å². The number of anilines is 1. The molecule has 0 radical (unpaired) electrons. The molecular formula is C19H23N2NaO8. The Morgan fingerprint density at radius 3 is 1.73 bits per heavy atom. The van der Waals surface area contributed by atoms with Crippen LogP contribution in [0.4, 0.5) is 15.3 Å². The zero-order chi connectivity index (χ0) is 21.6. The Labute approximate surface area is 195 Å². The van der Waals surface area contributed by atoms with Crippen molar-refractivity contribution in [2.75, 3.05) is 26.0 Å². The second-order valence-electron chi connectivity index (χ2n) is 5.81. The third kappa shape index (κ3) is 6.23. The Morgan fingerprint density at radius 2 is 1.37 bits per heavy atom. The van der Waals surface area contributed by atoms with E-state index in [0.717, 1.165) is 0 Å². The number of likely N-dealkylation sites (N-methyl/N-ethyl adjacent to an activating group) is 1. The summed E-state index contributed by atoms with van der Waals surface area (Å²) in [6.07, 6.45) is -2.03. The van der Waals surface area contributed by atoms with Crippen molar-refractivity contribution in [3.05, 3.63) is 29.8 Å². The number of rotatable bonds is 6. The molecule has 0 saturated carbocycles. The van der Waals surface area contributed by atoms with Crippen LogP contribution >= 0.6 is 0 Å². The van der Waals surface area contributed by atoms with Gasteiger partial charge in [0.05, 0.1) is 19.6 Å². The number of ether oxygens (including phenoxy) is 4. The third-order valence-corrected chi connectivity index (χ3v) is 3.81. The van der Waals surface area contributed by atoms with Crippen LogP contribution in [0.5, 0.6) is 11.5 Å². The van der Waals surface area contributed by atoms with E-state index in [0.29, 0.717) is 21.8 Å². The van der Waals surface area contributed by atoms with E-state index in [1.165, 1.54) is 7.05 Å². The molecule has 0 fully saturated rings. The molecule has 2 aliphatic carbocycles. The van der Waals surface area contributed by atoms with Crippen molar-refractivity contribution < 1.29 is 38.5 Å². The number of nitrogen functional groups attached to an aromatic ring is 1. The van der Waals surface area contributed by atoms with Crippen LogP contribution in [0.15, 0.2) is 24.3 Å². The maximum absolute atomic E-state index is 11.8. The topological polar surface area (TPSA) is 138 Å². The van der Waals surface area contributed by atoms with Crippen molar-refractivity contribution in [2.45, 2.75) is 20.3 Å². The van der Waals surface area contributed by atoms with E-state index in [2.05, 4.69) is 0 Å². The monoisotopic (exact) mass is 430 g/mol. The second-order valence-corrected chi connectivity index (χ2v) is 5.81. The van der Waals surface area contributed by atoms with E-state index in [1.54, 1.807) is 38.1 Å². The van der Waals surface area contributed by atoms with E-state index < -0.39 is 18.2 Å².